The first-order chi connectivity index (χ1) is 9.34. The van der Waals surface area contributed by atoms with Crippen molar-refractivity contribution < 1.29 is 22.8 Å². The molecular weight excluding hydrogens is 273 g/mol. The van der Waals surface area contributed by atoms with Crippen molar-refractivity contribution in [2.24, 2.45) is 0 Å². The molecule has 0 bridgehead atoms. The van der Waals surface area contributed by atoms with Crippen LogP contribution >= 0.6 is 0 Å². The molecule has 0 atom stereocenters. The number of amides is 3. The lowest BCUT2D eigenvalue weighted by atomic mass is 10.2. The molecule has 0 aromatic heterocycles. The molecule has 1 aliphatic heterocycles. The Morgan fingerprint density at radius 1 is 1.30 bits per heavy atom. The Morgan fingerprint density at radius 2 is 2.00 bits per heavy atom. The highest BCUT2D eigenvalue weighted by Gasteiger charge is 2.38. The minimum absolute atomic E-state index is 0.0694. The molecule has 0 unspecified atom stereocenters. The smallest absolute Gasteiger partial charge is 0.303 e. The summed E-state index contributed by atoms with van der Waals surface area (Å²) < 4.78 is 37.9. The highest BCUT2D eigenvalue weighted by atomic mass is 19.4. The lowest BCUT2D eigenvalue weighted by Gasteiger charge is -2.16. The van der Waals surface area contributed by atoms with Crippen LogP contribution in [-0.2, 0) is 11.0 Å². The monoisotopic (exact) mass is 282 g/mol. The van der Waals surface area contributed by atoms with Gasteiger partial charge in [-0.2, -0.15) is 13.2 Å². The molecule has 7 heteroatoms. The minimum atomic E-state index is -4.54. The summed E-state index contributed by atoms with van der Waals surface area (Å²) in [6.07, 6.45) is 0.518. The van der Waals surface area contributed by atoms with Gasteiger partial charge in [0.25, 0.3) is 5.91 Å². The second-order valence-corrected chi connectivity index (χ2v) is 4.12. The normalized spacial score (nSPS) is 15.7. The van der Waals surface area contributed by atoms with Crippen LogP contribution in [0.25, 0.3) is 0 Å². The van der Waals surface area contributed by atoms with Gasteiger partial charge < -0.3 is 4.90 Å². The maximum atomic E-state index is 12.6. The number of carbonyl (C=O) groups excluding carboxylic acids is 2. The molecular formula is C13H9F3N2O2. The zero-order valence-corrected chi connectivity index (χ0v) is 10.1. The fraction of sp³-hybridized carbons (Fsp3) is 0.231. The van der Waals surface area contributed by atoms with Gasteiger partial charge in [-0.1, -0.05) is 12.0 Å². The molecule has 1 fully saturated rings. The number of halogens is 3. The maximum Gasteiger partial charge on any atom is 0.416 e. The van der Waals surface area contributed by atoms with Crippen LogP contribution in [0.2, 0.25) is 0 Å². The molecule has 4 nitrogen and oxygen atoms in total. The minimum Gasteiger partial charge on any atom is -0.303 e. The Morgan fingerprint density at radius 3 is 2.60 bits per heavy atom. The Balaban J connectivity index is 2.35. The zero-order chi connectivity index (χ0) is 14.9. The van der Waals surface area contributed by atoms with E-state index in [0.29, 0.717) is 4.90 Å². The van der Waals surface area contributed by atoms with Crippen molar-refractivity contribution in [3.8, 4) is 12.3 Å². The van der Waals surface area contributed by atoms with E-state index in [1.54, 1.807) is 0 Å². The fourth-order valence-corrected chi connectivity index (χ4v) is 1.86. The number of hydrogen-bond donors (Lipinski definition) is 0. The summed E-state index contributed by atoms with van der Waals surface area (Å²) in [4.78, 5) is 25.5. The summed E-state index contributed by atoms with van der Waals surface area (Å²) in [6, 6.07) is 3.32. The van der Waals surface area contributed by atoms with E-state index in [4.69, 9.17) is 6.42 Å². The van der Waals surface area contributed by atoms with Crippen LogP contribution in [-0.4, -0.2) is 29.9 Å². The van der Waals surface area contributed by atoms with Crippen molar-refractivity contribution in [2.45, 2.75) is 6.18 Å². The zero-order valence-electron chi connectivity index (χ0n) is 10.1. The quantitative estimate of drug-likeness (QED) is 0.615. The third kappa shape index (κ3) is 2.45. The lowest BCUT2D eigenvalue weighted by molar-refractivity contribution is -0.137. The van der Waals surface area contributed by atoms with E-state index in [9.17, 15) is 22.8 Å². The van der Waals surface area contributed by atoms with E-state index in [-0.39, 0.29) is 18.8 Å². The van der Waals surface area contributed by atoms with Crippen LogP contribution in [0.1, 0.15) is 5.56 Å². The number of rotatable bonds is 2. The second-order valence-electron chi connectivity index (χ2n) is 4.12. The molecule has 1 aromatic rings. The van der Waals surface area contributed by atoms with Crippen LogP contribution in [0.3, 0.4) is 0 Å². The fourth-order valence-electron chi connectivity index (χ4n) is 1.86. The molecule has 0 saturated carbocycles. The summed E-state index contributed by atoms with van der Waals surface area (Å²) in [5.74, 6) is 1.61. The number of anilines is 1. The number of urea groups is 1. The van der Waals surface area contributed by atoms with Crippen molar-refractivity contribution in [3.63, 3.8) is 0 Å². The summed E-state index contributed by atoms with van der Waals surface area (Å²) in [7, 11) is 0. The van der Waals surface area contributed by atoms with Crippen LogP contribution in [0, 0.1) is 12.3 Å². The Bertz CT molecular complexity index is 604. The van der Waals surface area contributed by atoms with E-state index in [1.165, 1.54) is 6.07 Å². The number of hydrogen-bond acceptors (Lipinski definition) is 2. The number of benzene rings is 1. The molecule has 0 spiro atoms. The first-order valence-corrected chi connectivity index (χ1v) is 5.57. The highest BCUT2D eigenvalue weighted by Crippen LogP contribution is 2.32. The first-order valence-electron chi connectivity index (χ1n) is 5.57. The van der Waals surface area contributed by atoms with Crippen molar-refractivity contribution in [1.82, 2.24) is 4.90 Å². The van der Waals surface area contributed by atoms with E-state index in [1.807, 2.05) is 0 Å². The standard InChI is InChI=1S/C13H9F3N2O2/c1-2-6-17-8-11(19)18(12(17)20)10-5-3-4-9(7-10)13(14,15)16/h1,3-5,7H,6,8H2. The van der Waals surface area contributed by atoms with E-state index >= 15 is 0 Å². The third-order valence-electron chi connectivity index (χ3n) is 2.75. The van der Waals surface area contributed by atoms with E-state index in [2.05, 4.69) is 5.92 Å². The van der Waals surface area contributed by atoms with Gasteiger partial charge in [0.2, 0.25) is 0 Å². The molecule has 2 rings (SSSR count). The van der Waals surface area contributed by atoms with Gasteiger partial charge in [0.15, 0.2) is 0 Å². The Hall–Kier alpha value is -2.49. The summed E-state index contributed by atoms with van der Waals surface area (Å²) in [5, 5.41) is 0. The van der Waals surface area contributed by atoms with Crippen LogP contribution < -0.4 is 4.90 Å². The average Bonchev–Trinajstić information content (AvgIpc) is 2.64. The first kappa shape index (κ1) is 13.9. The molecule has 1 aliphatic rings. The number of imide groups is 1. The summed E-state index contributed by atoms with van der Waals surface area (Å²) >= 11 is 0. The van der Waals surface area contributed by atoms with Gasteiger partial charge in [-0.25, -0.2) is 9.69 Å². The van der Waals surface area contributed by atoms with Crippen LogP contribution in [0.4, 0.5) is 23.7 Å². The van der Waals surface area contributed by atoms with Crippen molar-refractivity contribution in [2.75, 3.05) is 18.0 Å². The van der Waals surface area contributed by atoms with E-state index < -0.39 is 23.7 Å². The van der Waals surface area contributed by atoms with Crippen molar-refractivity contribution >= 4 is 17.6 Å². The van der Waals surface area contributed by atoms with Crippen molar-refractivity contribution in [1.29, 1.82) is 0 Å². The second kappa shape index (κ2) is 4.89. The van der Waals surface area contributed by atoms with E-state index in [0.717, 1.165) is 23.1 Å². The number of terminal acetylenes is 1. The van der Waals surface area contributed by atoms with Crippen LogP contribution in [0.15, 0.2) is 24.3 Å². The molecule has 0 aliphatic carbocycles. The largest absolute Gasteiger partial charge is 0.416 e. The maximum absolute atomic E-state index is 12.6. The summed E-state index contributed by atoms with van der Waals surface area (Å²) in [6.45, 7) is -0.306. The van der Waals surface area contributed by atoms with Gasteiger partial charge in [-0.3, -0.25) is 4.79 Å². The summed E-state index contributed by atoms with van der Waals surface area (Å²) in [5.41, 5.74) is -1.04. The van der Waals surface area contributed by atoms with Gasteiger partial charge in [0.1, 0.15) is 6.54 Å². The third-order valence-corrected chi connectivity index (χ3v) is 2.75. The van der Waals surface area contributed by atoms with Gasteiger partial charge in [0.05, 0.1) is 17.8 Å². The average molecular weight is 282 g/mol. The van der Waals surface area contributed by atoms with Gasteiger partial charge >= 0.3 is 12.2 Å². The topological polar surface area (TPSA) is 40.6 Å². The predicted molar refractivity (Wildman–Crippen MR) is 64.7 cm³/mol. The molecule has 20 heavy (non-hydrogen) atoms. The molecule has 1 heterocycles. The number of alkyl halides is 3. The number of carbonyl (C=O) groups is 2. The Kier molecular flexibility index (Phi) is 3.40. The molecule has 3 amide bonds. The van der Waals surface area contributed by atoms with Gasteiger partial charge in [-0.15, -0.1) is 6.42 Å². The SMILES string of the molecule is C#CCN1CC(=O)N(c2cccc(C(F)(F)F)c2)C1=O. The van der Waals surface area contributed by atoms with Crippen LogP contribution in [0.5, 0.6) is 0 Å². The Labute approximate surface area is 112 Å². The lowest BCUT2D eigenvalue weighted by Crippen LogP contribution is -2.33. The van der Waals surface area contributed by atoms with Crippen molar-refractivity contribution in [3.05, 3.63) is 29.8 Å². The highest BCUT2D eigenvalue weighted by molar-refractivity contribution is 6.19. The molecule has 1 saturated heterocycles. The molecule has 0 N–H and O–H groups in total. The molecule has 1 aromatic carbocycles. The van der Waals surface area contributed by atoms with Gasteiger partial charge in [0, 0.05) is 0 Å². The predicted octanol–water partition coefficient (Wildman–Crippen LogP) is 2.11. The van der Waals surface area contributed by atoms with Gasteiger partial charge in [-0.05, 0) is 18.2 Å². The number of nitrogens with zero attached hydrogens (tertiary/aromatic N) is 2. The molecule has 104 valence electrons. The molecule has 0 radical (unpaired) electrons.